The van der Waals surface area contributed by atoms with Gasteiger partial charge < -0.3 is 14.6 Å². The molecule has 0 amide bonds. The van der Waals surface area contributed by atoms with Crippen LogP contribution in [-0.4, -0.2) is 35.5 Å². The smallest absolute Gasteiger partial charge is 0.302 e. The zero-order valence-electron chi connectivity index (χ0n) is 13.8. The minimum absolute atomic E-state index is 0.0497. The molecule has 1 fully saturated rings. The van der Waals surface area contributed by atoms with E-state index in [1.165, 1.54) is 6.92 Å². The third-order valence-electron chi connectivity index (χ3n) is 4.17. The summed E-state index contributed by atoms with van der Waals surface area (Å²) in [5, 5.41) is 10.3. The van der Waals surface area contributed by atoms with E-state index in [4.69, 9.17) is 9.47 Å². The molecule has 1 aliphatic rings. The first-order valence-corrected chi connectivity index (χ1v) is 8.59. The van der Waals surface area contributed by atoms with Gasteiger partial charge in [0.15, 0.2) is 0 Å². The van der Waals surface area contributed by atoms with E-state index in [1.54, 1.807) is 0 Å². The number of carbonyl (C=O) groups excluding carboxylic acids is 1. The summed E-state index contributed by atoms with van der Waals surface area (Å²) in [6.07, 6.45) is 8.16. The zero-order chi connectivity index (χ0) is 15.7. The maximum Gasteiger partial charge on any atom is 0.302 e. The summed E-state index contributed by atoms with van der Waals surface area (Å²) >= 11 is 0. The standard InChI is InChI=1S/C17H32O4/c1-4-6-8-10-14(19)16-12-17(20-13(3)18)15(21-16)11-9-7-5-2/h14-17,19H,4-12H2,1-3H3/t14-,15-,16+,17-/m0/s1. The van der Waals surface area contributed by atoms with Gasteiger partial charge in [-0.3, -0.25) is 4.79 Å². The van der Waals surface area contributed by atoms with Gasteiger partial charge in [-0.15, -0.1) is 0 Å². The van der Waals surface area contributed by atoms with E-state index in [0.717, 1.165) is 51.4 Å². The van der Waals surface area contributed by atoms with Gasteiger partial charge in [0.05, 0.1) is 18.3 Å². The zero-order valence-corrected chi connectivity index (χ0v) is 13.8. The van der Waals surface area contributed by atoms with Crippen molar-refractivity contribution in [1.29, 1.82) is 0 Å². The molecule has 0 aliphatic carbocycles. The highest BCUT2D eigenvalue weighted by atomic mass is 16.6. The van der Waals surface area contributed by atoms with Gasteiger partial charge in [-0.1, -0.05) is 52.4 Å². The molecular formula is C17H32O4. The minimum atomic E-state index is -0.439. The highest BCUT2D eigenvalue weighted by Gasteiger charge is 2.39. The number of esters is 1. The number of aliphatic hydroxyl groups excluding tert-OH is 1. The fraction of sp³-hybridized carbons (Fsp3) is 0.941. The molecule has 1 heterocycles. The van der Waals surface area contributed by atoms with Gasteiger partial charge in [0.1, 0.15) is 6.10 Å². The normalized spacial score (nSPS) is 26.8. The molecule has 0 aromatic rings. The molecule has 1 rings (SSSR count). The molecule has 124 valence electrons. The number of unbranched alkanes of at least 4 members (excludes halogenated alkanes) is 4. The van der Waals surface area contributed by atoms with E-state index in [2.05, 4.69) is 13.8 Å². The Labute approximate surface area is 129 Å². The van der Waals surface area contributed by atoms with E-state index in [0.29, 0.717) is 6.42 Å². The van der Waals surface area contributed by atoms with Crippen LogP contribution in [0.4, 0.5) is 0 Å². The quantitative estimate of drug-likeness (QED) is 0.495. The first-order chi connectivity index (χ1) is 10.1. The van der Waals surface area contributed by atoms with Crippen molar-refractivity contribution < 1.29 is 19.4 Å². The van der Waals surface area contributed by atoms with Crippen LogP contribution in [0.25, 0.3) is 0 Å². The number of carbonyl (C=O) groups is 1. The second-order valence-electron chi connectivity index (χ2n) is 6.16. The average molecular weight is 300 g/mol. The lowest BCUT2D eigenvalue weighted by atomic mass is 10.0. The molecule has 0 spiro atoms. The van der Waals surface area contributed by atoms with E-state index in [1.807, 2.05) is 0 Å². The highest BCUT2D eigenvalue weighted by molar-refractivity contribution is 5.66. The van der Waals surface area contributed by atoms with E-state index >= 15 is 0 Å². The molecule has 0 saturated carbocycles. The first kappa shape index (κ1) is 18.4. The van der Waals surface area contributed by atoms with Crippen LogP contribution in [0.2, 0.25) is 0 Å². The lowest BCUT2D eigenvalue weighted by molar-refractivity contribution is -0.149. The topological polar surface area (TPSA) is 55.8 Å². The van der Waals surface area contributed by atoms with Gasteiger partial charge in [0, 0.05) is 13.3 Å². The Morgan fingerprint density at radius 1 is 1.24 bits per heavy atom. The van der Waals surface area contributed by atoms with Crippen LogP contribution >= 0.6 is 0 Å². The van der Waals surface area contributed by atoms with Crippen molar-refractivity contribution in [2.24, 2.45) is 0 Å². The Hall–Kier alpha value is -0.610. The monoisotopic (exact) mass is 300 g/mol. The van der Waals surface area contributed by atoms with Gasteiger partial charge in [0.2, 0.25) is 0 Å². The largest absolute Gasteiger partial charge is 0.460 e. The maximum atomic E-state index is 11.2. The van der Waals surface area contributed by atoms with Crippen molar-refractivity contribution >= 4 is 5.97 Å². The summed E-state index contributed by atoms with van der Waals surface area (Å²) < 4.78 is 11.4. The molecule has 4 atom stereocenters. The summed E-state index contributed by atoms with van der Waals surface area (Å²) in [5.74, 6) is -0.259. The summed E-state index contributed by atoms with van der Waals surface area (Å²) in [6.45, 7) is 5.76. The molecule has 4 nitrogen and oxygen atoms in total. The van der Waals surface area contributed by atoms with Crippen LogP contribution in [-0.2, 0) is 14.3 Å². The molecule has 0 bridgehead atoms. The van der Waals surface area contributed by atoms with Crippen molar-refractivity contribution in [2.75, 3.05) is 0 Å². The van der Waals surface area contributed by atoms with Crippen LogP contribution in [0.3, 0.4) is 0 Å². The number of rotatable bonds is 10. The summed E-state index contributed by atoms with van der Waals surface area (Å²) in [7, 11) is 0. The second kappa shape index (κ2) is 10.2. The fourth-order valence-corrected chi connectivity index (χ4v) is 2.97. The summed E-state index contributed by atoms with van der Waals surface area (Å²) in [5.41, 5.74) is 0. The number of aliphatic hydroxyl groups is 1. The Kier molecular flexibility index (Phi) is 8.93. The van der Waals surface area contributed by atoms with Crippen LogP contribution < -0.4 is 0 Å². The fourth-order valence-electron chi connectivity index (χ4n) is 2.97. The third kappa shape index (κ3) is 6.79. The van der Waals surface area contributed by atoms with E-state index in [9.17, 15) is 9.90 Å². The van der Waals surface area contributed by atoms with Crippen molar-refractivity contribution in [2.45, 2.75) is 103 Å². The Morgan fingerprint density at radius 3 is 2.52 bits per heavy atom. The van der Waals surface area contributed by atoms with Crippen LogP contribution in [0.5, 0.6) is 0 Å². The molecule has 4 heteroatoms. The number of hydrogen-bond acceptors (Lipinski definition) is 4. The summed E-state index contributed by atoms with van der Waals surface area (Å²) in [4.78, 5) is 11.2. The number of hydrogen-bond donors (Lipinski definition) is 1. The van der Waals surface area contributed by atoms with Crippen LogP contribution in [0, 0.1) is 0 Å². The molecule has 0 aromatic carbocycles. The van der Waals surface area contributed by atoms with E-state index < -0.39 is 6.10 Å². The Bertz CT molecular complexity index is 293. The Balaban J connectivity index is 2.46. The number of ether oxygens (including phenoxy) is 2. The lowest BCUT2D eigenvalue weighted by Crippen LogP contribution is -2.26. The maximum absolute atomic E-state index is 11.2. The first-order valence-electron chi connectivity index (χ1n) is 8.59. The van der Waals surface area contributed by atoms with Gasteiger partial charge >= 0.3 is 5.97 Å². The molecule has 21 heavy (non-hydrogen) atoms. The van der Waals surface area contributed by atoms with Gasteiger partial charge in [-0.2, -0.15) is 0 Å². The second-order valence-corrected chi connectivity index (χ2v) is 6.16. The molecular weight excluding hydrogens is 268 g/mol. The predicted octanol–water partition coefficient (Wildman–Crippen LogP) is 3.60. The van der Waals surface area contributed by atoms with Crippen LogP contribution in [0.15, 0.2) is 0 Å². The molecule has 0 unspecified atom stereocenters. The third-order valence-corrected chi connectivity index (χ3v) is 4.17. The summed E-state index contributed by atoms with van der Waals surface area (Å²) in [6, 6.07) is 0. The van der Waals surface area contributed by atoms with Crippen molar-refractivity contribution in [1.82, 2.24) is 0 Å². The average Bonchev–Trinajstić information content (AvgIpc) is 2.82. The molecule has 1 aliphatic heterocycles. The molecule has 1 saturated heterocycles. The van der Waals surface area contributed by atoms with Gasteiger partial charge in [-0.05, 0) is 12.8 Å². The van der Waals surface area contributed by atoms with Crippen LogP contribution in [0.1, 0.15) is 78.6 Å². The van der Waals surface area contributed by atoms with Crippen molar-refractivity contribution in [3.8, 4) is 0 Å². The molecule has 0 aromatic heterocycles. The lowest BCUT2D eigenvalue weighted by Gasteiger charge is -2.19. The Morgan fingerprint density at radius 2 is 1.90 bits per heavy atom. The minimum Gasteiger partial charge on any atom is -0.460 e. The molecule has 0 radical (unpaired) electrons. The highest BCUT2D eigenvalue weighted by Crippen LogP contribution is 2.30. The molecule has 1 N–H and O–H groups in total. The van der Waals surface area contributed by atoms with Gasteiger partial charge in [-0.25, -0.2) is 0 Å². The van der Waals surface area contributed by atoms with Crippen molar-refractivity contribution in [3.05, 3.63) is 0 Å². The van der Waals surface area contributed by atoms with Crippen molar-refractivity contribution in [3.63, 3.8) is 0 Å². The van der Waals surface area contributed by atoms with Gasteiger partial charge in [0.25, 0.3) is 0 Å². The van der Waals surface area contributed by atoms with E-state index in [-0.39, 0.29) is 24.3 Å². The predicted molar refractivity (Wildman–Crippen MR) is 83.1 cm³/mol. The SMILES string of the molecule is CCCCC[C@@H]1O[C@@H]([C@@H](O)CCCCC)C[C@@H]1OC(C)=O.